The molecule has 2 N–H and O–H groups in total. The summed E-state index contributed by atoms with van der Waals surface area (Å²) in [5.41, 5.74) is 1.22. The molecule has 1 aliphatic heterocycles. The number of aromatic nitrogens is 2. The van der Waals surface area contributed by atoms with E-state index < -0.39 is 5.69 Å². The lowest BCUT2D eigenvalue weighted by Crippen LogP contribution is -2.37. The van der Waals surface area contributed by atoms with Crippen molar-refractivity contribution in [3.8, 4) is 0 Å². The SMILES string of the molecule is O=C(CCCn1c2c(c(=O)[nH]c1=O)CSCC2)NCC(=O)c1ccc(Br)cc1. The van der Waals surface area contributed by atoms with Crippen LogP contribution in [-0.2, 0) is 23.5 Å². The number of carbonyl (C=O) groups excluding carboxylic acids is 2. The molecule has 1 amide bonds. The zero-order valence-corrected chi connectivity index (χ0v) is 17.5. The molecule has 1 aromatic heterocycles. The lowest BCUT2D eigenvalue weighted by atomic mass is 10.1. The van der Waals surface area contributed by atoms with Gasteiger partial charge in [-0.1, -0.05) is 28.1 Å². The summed E-state index contributed by atoms with van der Waals surface area (Å²) in [4.78, 5) is 50.5. The van der Waals surface area contributed by atoms with E-state index in [1.165, 1.54) is 0 Å². The van der Waals surface area contributed by atoms with Crippen LogP contribution in [-0.4, -0.2) is 33.5 Å². The second-order valence-corrected chi connectivity index (χ2v) is 8.47. The Kier molecular flexibility index (Phi) is 6.90. The van der Waals surface area contributed by atoms with E-state index in [0.29, 0.717) is 36.3 Å². The number of hydrogen-bond donors (Lipinski definition) is 2. The van der Waals surface area contributed by atoms with Crippen LogP contribution in [0.4, 0.5) is 0 Å². The van der Waals surface area contributed by atoms with E-state index in [9.17, 15) is 19.2 Å². The first-order valence-corrected chi connectivity index (χ1v) is 10.9. The fraction of sp³-hybridized carbons (Fsp3) is 0.368. The average Bonchev–Trinajstić information content (AvgIpc) is 2.69. The van der Waals surface area contributed by atoms with Crippen molar-refractivity contribution in [1.29, 1.82) is 0 Å². The first-order chi connectivity index (χ1) is 13.5. The molecule has 0 fully saturated rings. The molecule has 1 aromatic carbocycles. The third-order valence-corrected chi connectivity index (χ3v) is 6.06. The fourth-order valence-corrected chi connectivity index (χ4v) is 4.32. The van der Waals surface area contributed by atoms with Crippen LogP contribution in [0.15, 0.2) is 38.3 Å². The van der Waals surface area contributed by atoms with Gasteiger partial charge in [-0.3, -0.25) is 23.9 Å². The van der Waals surface area contributed by atoms with Crippen LogP contribution < -0.4 is 16.6 Å². The van der Waals surface area contributed by atoms with Gasteiger partial charge in [0.05, 0.1) is 6.54 Å². The molecule has 0 spiro atoms. The minimum absolute atomic E-state index is 0.0638. The molecule has 2 aromatic rings. The van der Waals surface area contributed by atoms with Gasteiger partial charge in [0.15, 0.2) is 5.78 Å². The summed E-state index contributed by atoms with van der Waals surface area (Å²) in [6.07, 6.45) is 1.32. The molecule has 0 saturated heterocycles. The number of thioether (sulfide) groups is 1. The minimum Gasteiger partial charge on any atom is -0.349 e. The summed E-state index contributed by atoms with van der Waals surface area (Å²) in [6, 6.07) is 6.94. The van der Waals surface area contributed by atoms with Gasteiger partial charge in [0, 0.05) is 40.0 Å². The third-order valence-electron chi connectivity index (χ3n) is 4.54. The van der Waals surface area contributed by atoms with Crippen LogP contribution in [0.3, 0.4) is 0 Å². The van der Waals surface area contributed by atoms with E-state index in [1.807, 2.05) is 0 Å². The Morgan fingerprint density at radius 3 is 2.71 bits per heavy atom. The van der Waals surface area contributed by atoms with Crippen LogP contribution in [0.5, 0.6) is 0 Å². The molecule has 9 heteroatoms. The number of fused-ring (bicyclic) bond motifs is 1. The molecule has 7 nitrogen and oxygen atoms in total. The van der Waals surface area contributed by atoms with Gasteiger partial charge in [-0.2, -0.15) is 11.8 Å². The second-order valence-electron chi connectivity index (χ2n) is 6.45. The molecule has 0 radical (unpaired) electrons. The van der Waals surface area contributed by atoms with E-state index in [-0.39, 0.29) is 30.2 Å². The zero-order chi connectivity index (χ0) is 20.1. The molecule has 0 saturated carbocycles. The third kappa shape index (κ3) is 5.02. The molecular formula is C19H20BrN3O4S. The van der Waals surface area contributed by atoms with Crippen molar-refractivity contribution in [2.24, 2.45) is 0 Å². The van der Waals surface area contributed by atoms with Crippen LogP contribution in [0, 0.1) is 0 Å². The Morgan fingerprint density at radius 1 is 1.21 bits per heavy atom. The number of Topliss-reactive ketones (excluding diaryl/α,β-unsaturated/α-hetero) is 1. The number of benzene rings is 1. The molecule has 0 aliphatic carbocycles. The lowest BCUT2D eigenvalue weighted by molar-refractivity contribution is -0.121. The summed E-state index contributed by atoms with van der Waals surface area (Å²) in [6.45, 7) is 0.294. The summed E-state index contributed by atoms with van der Waals surface area (Å²) >= 11 is 4.98. The van der Waals surface area contributed by atoms with Gasteiger partial charge >= 0.3 is 5.69 Å². The zero-order valence-electron chi connectivity index (χ0n) is 15.1. The Morgan fingerprint density at radius 2 is 1.96 bits per heavy atom. The van der Waals surface area contributed by atoms with Gasteiger partial charge in [-0.05, 0) is 30.7 Å². The highest BCUT2D eigenvalue weighted by molar-refractivity contribution is 9.10. The Bertz CT molecular complexity index is 998. The van der Waals surface area contributed by atoms with Gasteiger partial charge in [0.2, 0.25) is 5.91 Å². The summed E-state index contributed by atoms with van der Waals surface area (Å²) < 4.78 is 2.45. The van der Waals surface area contributed by atoms with Gasteiger partial charge < -0.3 is 5.32 Å². The van der Waals surface area contributed by atoms with Crippen molar-refractivity contribution in [2.45, 2.75) is 31.6 Å². The molecule has 1 aliphatic rings. The van der Waals surface area contributed by atoms with E-state index in [4.69, 9.17) is 0 Å². The van der Waals surface area contributed by atoms with Crippen LogP contribution in [0.2, 0.25) is 0 Å². The van der Waals surface area contributed by atoms with E-state index in [2.05, 4.69) is 26.2 Å². The van der Waals surface area contributed by atoms with Gasteiger partial charge in [-0.15, -0.1) is 0 Å². The minimum atomic E-state index is -0.429. The predicted octanol–water partition coefficient (Wildman–Crippen LogP) is 1.87. The lowest BCUT2D eigenvalue weighted by Gasteiger charge is -2.19. The first kappa shape index (κ1) is 20.6. The smallest absolute Gasteiger partial charge is 0.328 e. The molecule has 3 rings (SSSR count). The maximum atomic E-state index is 12.1. The normalized spacial score (nSPS) is 13.0. The maximum Gasteiger partial charge on any atom is 0.328 e. The fourth-order valence-electron chi connectivity index (χ4n) is 3.07. The van der Waals surface area contributed by atoms with Crippen LogP contribution in [0.1, 0.15) is 34.5 Å². The Labute approximate surface area is 174 Å². The molecule has 28 heavy (non-hydrogen) atoms. The van der Waals surface area contributed by atoms with Crippen molar-refractivity contribution >= 4 is 39.4 Å². The summed E-state index contributed by atoms with van der Waals surface area (Å²) in [5, 5.41) is 2.62. The average molecular weight is 466 g/mol. The number of nitrogens with one attached hydrogen (secondary N) is 2. The van der Waals surface area contributed by atoms with E-state index in [0.717, 1.165) is 15.9 Å². The quantitative estimate of drug-likeness (QED) is 0.607. The number of nitrogens with zero attached hydrogens (tertiary/aromatic N) is 1. The predicted molar refractivity (Wildman–Crippen MR) is 112 cm³/mol. The highest BCUT2D eigenvalue weighted by atomic mass is 79.9. The number of hydrogen-bond acceptors (Lipinski definition) is 5. The first-order valence-electron chi connectivity index (χ1n) is 8.94. The molecule has 2 heterocycles. The molecule has 0 atom stereocenters. The topological polar surface area (TPSA) is 101 Å². The number of amides is 1. The van der Waals surface area contributed by atoms with Gasteiger partial charge in [0.25, 0.3) is 5.56 Å². The standard InChI is InChI=1S/C19H20BrN3O4S/c20-13-5-3-12(4-6-13)16(24)10-21-17(25)2-1-8-23-15-7-9-28-11-14(15)18(26)22-19(23)27/h3-6H,1-2,7-11H2,(H,21,25)(H,22,26,27). The highest BCUT2D eigenvalue weighted by Crippen LogP contribution is 2.20. The Hall–Kier alpha value is -2.13. The number of aromatic amines is 1. The van der Waals surface area contributed by atoms with Gasteiger partial charge in [-0.25, -0.2) is 4.79 Å². The number of halogens is 1. The summed E-state index contributed by atoms with van der Waals surface area (Å²) in [5.74, 6) is 1.06. The molecule has 0 bridgehead atoms. The maximum absolute atomic E-state index is 12.1. The van der Waals surface area contributed by atoms with Crippen molar-refractivity contribution in [3.05, 3.63) is 66.4 Å². The van der Waals surface area contributed by atoms with Crippen molar-refractivity contribution in [3.63, 3.8) is 0 Å². The van der Waals surface area contributed by atoms with E-state index >= 15 is 0 Å². The Balaban J connectivity index is 1.52. The van der Waals surface area contributed by atoms with Crippen molar-refractivity contribution in [2.75, 3.05) is 12.3 Å². The second kappa shape index (κ2) is 9.38. The molecular weight excluding hydrogens is 446 g/mol. The number of ketones is 1. The number of carbonyl (C=O) groups is 2. The number of rotatable bonds is 7. The largest absolute Gasteiger partial charge is 0.349 e. The monoisotopic (exact) mass is 465 g/mol. The molecule has 0 unspecified atom stereocenters. The number of H-pyrrole nitrogens is 1. The van der Waals surface area contributed by atoms with Gasteiger partial charge in [0.1, 0.15) is 0 Å². The van der Waals surface area contributed by atoms with E-state index in [1.54, 1.807) is 40.6 Å². The van der Waals surface area contributed by atoms with Crippen LogP contribution >= 0.6 is 27.7 Å². The summed E-state index contributed by atoms with van der Waals surface area (Å²) in [7, 11) is 0. The van der Waals surface area contributed by atoms with Crippen LogP contribution in [0.25, 0.3) is 0 Å². The molecule has 148 valence electrons. The highest BCUT2D eigenvalue weighted by Gasteiger charge is 2.18. The van der Waals surface area contributed by atoms with Crippen molar-refractivity contribution < 1.29 is 9.59 Å². The van der Waals surface area contributed by atoms with Crippen molar-refractivity contribution in [1.82, 2.24) is 14.9 Å².